The van der Waals surface area contributed by atoms with Crippen LogP contribution in [0.25, 0.3) is 0 Å². The molecule has 2 rings (SSSR count). The number of esters is 1. The molecule has 1 atom stereocenters. The fourth-order valence-electron chi connectivity index (χ4n) is 3.66. The van der Waals surface area contributed by atoms with Crippen molar-refractivity contribution >= 4 is 18.2 Å². The maximum absolute atomic E-state index is 12.9. The zero-order valence-corrected chi connectivity index (χ0v) is 19.9. The first-order valence-electron chi connectivity index (χ1n) is 11.2. The average Bonchev–Trinajstić information content (AvgIpc) is 3.11. The van der Waals surface area contributed by atoms with Gasteiger partial charge in [-0.25, -0.2) is 14.4 Å². The highest BCUT2D eigenvalue weighted by Gasteiger charge is 2.39. The first-order chi connectivity index (χ1) is 14.3. The number of ether oxygens (including phenoxy) is 3. The third-order valence-corrected chi connectivity index (χ3v) is 5.05. The van der Waals surface area contributed by atoms with Crippen LogP contribution in [0.2, 0.25) is 0 Å². The van der Waals surface area contributed by atoms with Gasteiger partial charge in [-0.1, -0.05) is 0 Å². The van der Waals surface area contributed by atoms with Crippen LogP contribution in [-0.4, -0.2) is 84.0 Å². The van der Waals surface area contributed by atoms with E-state index in [2.05, 4.69) is 5.32 Å². The van der Waals surface area contributed by atoms with Crippen molar-refractivity contribution in [3.63, 3.8) is 0 Å². The van der Waals surface area contributed by atoms with Crippen LogP contribution in [0.1, 0.15) is 67.2 Å². The van der Waals surface area contributed by atoms with Crippen LogP contribution in [0.4, 0.5) is 9.59 Å². The zero-order chi connectivity index (χ0) is 23.2. The SMILES string of the molecule is CC(C)(C)OC(=O)NCCN1CCN(C(=O)OC(C)(C)C)C(C(=O)OC2CCCC2)C1. The van der Waals surface area contributed by atoms with Crippen molar-refractivity contribution in [1.82, 2.24) is 15.1 Å². The molecule has 1 aliphatic heterocycles. The largest absolute Gasteiger partial charge is 0.461 e. The minimum atomic E-state index is -0.731. The van der Waals surface area contributed by atoms with E-state index in [1.807, 2.05) is 25.7 Å². The molecule has 0 spiro atoms. The summed E-state index contributed by atoms with van der Waals surface area (Å²) in [5.41, 5.74) is -1.20. The van der Waals surface area contributed by atoms with E-state index in [1.54, 1.807) is 20.8 Å². The summed E-state index contributed by atoms with van der Waals surface area (Å²) in [4.78, 5) is 41.0. The number of hydrogen-bond acceptors (Lipinski definition) is 7. The molecule has 2 aliphatic rings. The van der Waals surface area contributed by atoms with Gasteiger partial charge in [-0.15, -0.1) is 0 Å². The molecule has 0 bridgehead atoms. The smallest absolute Gasteiger partial charge is 0.411 e. The highest BCUT2D eigenvalue weighted by molar-refractivity contribution is 5.82. The van der Waals surface area contributed by atoms with Crippen LogP contribution in [0.5, 0.6) is 0 Å². The molecular formula is C22H39N3O6. The summed E-state index contributed by atoms with van der Waals surface area (Å²) in [5.74, 6) is -0.387. The van der Waals surface area contributed by atoms with Gasteiger partial charge in [0, 0.05) is 32.7 Å². The molecule has 0 aromatic carbocycles. The number of carbonyl (C=O) groups is 3. The lowest BCUT2D eigenvalue weighted by atomic mass is 10.1. The third kappa shape index (κ3) is 8.93. The lowest BCUT2D eigenvalue weighted by Crippen LogP contribution is -2.60. The van der Waals surface area contributed by atoms with Gasteiger partial charge in [0.1, 0.15) is 23.3 Å². The molecule has 2 amide bonds. The van der Waals surface area contributed by atoms with E-state index in [-0.39, 0.29) is 12.1 Å². The fraction of sp³-hybridized carbons (Fsp3) is 0.864. The highest BCUT2D eigenvalue weighted by Crippen LogP contribution is 2.23. The predicted octanol–water partition coefficient (Wildman–Crippen LogP) is 2.92. The lowest BCUT2D eigenvalue weighted by Gasteiger charge is -2.40. The second-order valence-corrected chi connectivity index (χ2v) is 10.3. The molecule has 1 unspecified atom stereocenters. The molecule has 31 heavy (non-hydrogen) atoms. The molecule has 1 saturated heterocycles. The molecule has 9 heteroatoms. The van der Waals surface area contributed by atoms with Crippen molar-refractivity contribution in [1.29, 1.82) is 0 Å². The Hall–Kier alpha value is -2.03. The van der Waals surface area contributed by atoms with Crippen molar-refractivity contribution in [3.8, 4) is 0 Å². The summed E-state index contributed by atoms with van der Waals surface area (Å²) in [5, 5.41) is 2.73. The summed E-state index contributed by atoms with van der Waals surface area (Å²) in [6.07, 6.45) is 2.80. The number of amides is 2. The summed E-state index contributed by atoms with van der Waals surface area (Å²) in [6, 6.07) is -0.731. The number of hydrogen-bond donors (Lipinski definition) is 1. The molecule has 0 aromatic rings. The predicted molar refractivity (Wildman–Crippen MR) is 116 cm³/mol. The van der Waals surface area contributed by atoms with Gasteiger partial charge in [0.2, 0.25) is 0 Å². The van der Waals surface area contributed by atoms with Gasteiger partial charge in [0.25, 0.3) is 0 Å². The zero-order valence-electron chi connectivity index (χ0n) is 19.9. The number of rotatable bonds is 5. The number of piperazine rings is 1. The Morgan fingerprint density at radius 2 is 1.55 bits per heavy atom. The molecule has 9 nitrogen and oxygen atoms in total. The van der Waals surface area contributed by atoms with Gasteiger partial charge in [-0.2, -0.15) is 0 Å². The van der Waals surface area contributed by atoms with Crippen molar-refractivity contribution < 1.29 is 28.6 Å². The monoisotopic (exact) mass is 441 g/mol. The quantitative estimate of drug-likeness (QED) is 0.517. The topological polar surface area (TPSA) is 97.4 Å². The molecule has 1 heterocycles. The Morgan fingerprint density at radius 3 is 2.13 bits per heavy atom. The van der Waals surface area contributed by atoms with Crippen molar-refractivity contribution in [2.24, 2.45) is 0 Å². The molecule has 1 N–H and O–H groups in total. The molecule has 1 aliphatic carbocycles. The van der Waals surface area contributed by atoms with Gasteiger partial charge in [-0.05, 0) is 67.2 Å². The van der Waals surface area contributed by atoms with Gasteiger partial charge in [-0.3, -0.25) is 9.80 Å². The van der Waals surface area contributed by atoms with Crippen LogP contribution in [0.15, 0.2) is 0 Å². The normalized spacial score (nSPS) is 21.0. The second kappa shape index (κ2) is 10.5. The van der Waals surface area contributed by atoms with E-state index in [0.717, 1.165) is 25.7 Å². The van der Waals surface area contributed by atoms with Gasteiger partial charge in [0.15, 0.2) is 0 Å². The van der Waals surface area contributed by atoms with Gasteiger partial charge < -0.3 is 19.5 Å². The lowest BCUT2D eigenvalue weighted by molar-refractivity contribution is -0.157. The maximum atomic E-state index is 12.9. The third-order valence-electron chi connectivity index (χ3n) is 5.05. The van der Waals surface area contributed by atoms with E-state index in [4.69, 9.17) is 14.2 Å². The van der Waals surface area contributed by atoms with Crippen LogP contribution in [-0.2, 0) is 19.0 Å². The first-order valence-corrected chi connectivity index (χ1v) is 11.2. The van der Waals surface area contributed by atoms with E-state index >= 15 is 0 Å². The number of nitrogens with zero attached hydrogens (tertiary/aromatic N) is 2. The Bertz CT molecular complexity index is 632. The Morgan fingerprint density at radius 1 is 0.935 bits per heavy atom. The van der Waals surface area contributed by atoms with Crippen molar-refractivity contribution in [2.75, 3.05) is 32.7 Å². The van der Waals surface area contributed by atoms with E-state index in [1.165, 1.54) is 4.90 Å². The summed E-state index contributed by atoms with van der Waals surface area (Å²) < 4.78 is 16.5. The van der Waals surface area contributed by atoms with Crippen LogP contribution >= 0.6 is 0 Å². The van der Waals surface area contributed by atoms with E-state index in [0.29, 0.717) is 32.7 Å². The van der Waals surface area contributed by atoms with E-state index < -0.39 is 29.4 Å². The minimum Gasteiger partial charge on any atom is -0.461 e. The molecular weight excluding hydrogens is 402 g/mol. The summed E-state index contributed by atoms with van der Waals surface area (Å²) in [7, 11) is 0. The van der Waals surface area contributed by atoms with Gasteiger partial charge >= 0.3 is 18.2 Å². The Labute approximate surface area is 185 Å². The highest BCUT2D eigenvalue weighted by atomic mass is 16.6. The average molecular weight is 442 g/mol. The fourth-order valence-corrected chi connectivity index (χ4v) is 3.66. The van der Waals surface area contributed by atoms with E-state index in [9.17, 15) is 14.4 Å². The van der Waals surface area contributed by atoms with Crippen molar-refractivity contribution in [2.45, 2.75) is 90.6 Å². The number of carbonyl (C=O) groups excluding carboxylic acids is 3. The standard InChI is InChI=1S/C22H39N3O6/c1-21(2,3)30-19(27)23-11-12-24-13-14-25(20(28)31-22(4,5)6)17(15-24)18(26)29-16-9-7-8-10-16/h16-17H,7-15H2,1-6H3,(H,23,27). The van der Waals surface area contributed by atoms with Crippen LogP contribution in [0.3, 0.4) is 0 Å². The molecule has 0 aromatic heterocycles. The van der Waals surface area contributed by atoms with Crippen LogP contribution < -0.4 is 5.32 Å². The maximum Gasteiger partial charge on any atom is 0.411 e. The number of alkyl carbamates (subject to hydrolysis) is 1. The van der Waals surface area contributed by atoms with Crippen molar-refractivity contribution in [3.05, 3.63) is 0 Å². The molecule has 0 radical (unpaired) electrons. The second-order valence-electron chi connectivity index (χ2n) is 10.3. The summed E-state index contributed by atoms with van der Waals surface area (Å²) >= 11 is 0. The van der Waals surface area contributed by atoms with Crippen LogP contribution in [0, 0.1) is 0 Å². The molecule has 178 valence electrons. The van der Waals surface area contributed by atoms with Gasteiger partial charge in [0.05, 0.1) is 0 Å². The number of nitrogens with one attached hydrogen (secondary N) is 1. The Balaban J connectivity index is 1.95. The minimum absolute atomic E-state index is 0.0720. The molecule has 2 fully saturated rings. The summed E-state index contributed by atoms with van der Waals surface area (Å²) in [6.45, 7) is 13.0. The Kier molecular flexibility index (Phi) is 8.57. The first kappa shape index (κ1) is 25.2. The molecule has 1 saturated carbocycles.